The molecule has 6 heteroatoms. The van der Waals surface area contributed by atoms with Gasteiger partial charge in [0, 0.05) is 19.3 Å². The van der Waals surface area contributed by atoms with Crippen molar-refractivity contribution in [3.8, 4) is 6.07 Å². The first-order chi connectivity index (χ1) is 7.20. The van der Waals surface area contributed by atoms with E-state index in [1.54, 1.807) is 4.90 Å². The number of nitrogens with zero attached hydrogens (tertiary/aromatic N) is 4. The maximum atomic E-state index is 12.2. The predicted molar refractivity (Wildman–Crippen MR) is 48.5 cm³/mol. The summed E-state index contributed by atoms with van der Waals surface area (Å²) in [5.74, 6) is -0.245. The van der Waals surface area contributed by atoms with Crippen molar-refractivity contribution >= 4 is 5.95 Å². The second-order valence-corrected chi connectivity index (χ2v) is 3.35. The Balaban J connectivity index is 2.04. The molecular formula is C9H8F2N4. The van der Waals surface area contributed by atoms with Crippen LogP contribution in [0.1, 0.15) is 5.69 Å². The highest BCUT2D eigenvalue weighted by atomic mass is 19.3. The quantitative estimate of drug-likeness (QED) is 0.732. The van der Waals surface area contributed by atoms with E-state index in [0.29, 0.717) is 5.95 Å². The van der Waals surface area contributed by atoms with Crippen LogP contribution >= 0.6 is 0 Å². The molecule has 1 fully saturated rings. The largest absolute Gasteiger partial charge is 0.340 e. The van der Waals surface area contributed by atoms with Crippen molar-refractivity contribution in [1.29, 1.82) is 5.26 Å². The Kier molecular flexibility index (Phi) is 2.46. The minimum atomic E-state index is -2.29. The molecule has 1 aromatic heterocycles. The van der Waals surface area contributed by atoms with Crippen molar-refractivity contribution in [2.24, 2.45) is 5.92 Å². The SMILES string of the molecule is N#Cc1ccnc(N2CC(C(F)F)C2)n1. The Labute approximate surface area is 85.2 Å². The van der Waals surface area contributed by atoms with Gasteiger partial charge in [0.05, 0.1) is 5.92 Å². The van der Waals surface area contributed by atoms with Crippen LogP contribution in [0, 0.1) is 17.2 Å². The molecular weight excluding hydrogens is 202 g/mol. The Hall–Kier alpha value is -1.77. The number of hydrogen-bond acceptors (Lipinski definition) is 4. The minimum Gasteiger partial charge on any atom is -0.340 e. The van der Waals surface area contributed by atoms with Crippen LogP contribution in [0.4, 0.5) is 14.7 Å². The van der Waals surface area contributed by atoms with Gasteiger partial charge in [-0.2, -0.15) is 5.26 Å². The van der Waals surface area contributed by atoms with Crippen LogP contribution in [-0.4, -0.2) is 29.5 Å². The van der Waals surface area contributed by atoms with E-state index in [-0.39, 0.29) is 18.8 Å². The maximum Gasteiger partial charge on any atom is 0.244 e. The van der Waals surface area contributed by atoms with E-state index in [2.05, 4.69) is 9.97 Å². The first-order valence-corrected chi connectivity index (χ1v) is 4.47. The molecule has 0 bridgehead atoms. The van der Waals surface area contributed by atoms with Gasteiger partial charge < -0.3 is 4.90 Å². The summed E-state index contributed by atoms with van der Waals surface area (Å²) in [5.41, 5.74) is 0.250. The van der Waals surface area contributed by atoms with Gasteiger partial charge in [0.1, 0.15) is 11.8 Å². The second-order valence-electron chi connectivity index (χ2n) is 3.35. The van der Waals surface area contributed by atoms with Gasteiger partial charge in [0.25, 0.3) is 0 Å². The summed E-state index contributed by atoms with van der Waals surface area (Å²) in [5, 5.41) is 8.60. The molecule has 1 aliphatic rings. The summed E-state index contributed by atoms with van der Waals surface area (Å²) >= 11 is 0. The van der Waals surface area contributed by atoms with Gasteiger partial charge in [-0.1, -0.05) is 0 Å². The fourth-order valence-electron chi connectivity index (χ4n) is 1.40. The highest BCUT2D eigenvalue weighted by molar-refractivity contribution is 5.36. The fraction of sp³-hybridized carbons (Fsp3) is 0.444. The van der Waals surface area contributed by atoms with E-state index in [1.807, 2.05) is 6.07 Å². The molecule has 1 aromatic rings. The Morgan fingerprint density at radius 1 is 1.53 bits per heavy atom. The molecule has 0 aliphatic carbocycles. The van der Waals surface area contributed by atoms with Crippen molar-refractivity contribution in [1.82, 2.24) is 9.97 Å². The lowest BCUT2D eigenvalue weighted by atomic mass is 10.0. The van der Waals surface area contributed by atoms with E-state index in [9.17, 15) is 8.78 Å². The third-order valence-corrected chi connectivity index (χ3v) is 2.31. The molecule has 78 valence electrons. The Morgan fingerprint density at radius 2 is 2.27 bits per heavy atom. The van der Waals surface area contributed by atoms with E-state index in [4.69, 9.17) is 5.26 Å². The van der Waals surface area contributed by atoms with Crippen molar-refractivity contribution in [2.75, 3.05) is 18.0 Å². The van der Waals surface area contributed by atoms with Gasteiger partial charge in [0.15, 0.2) is 0 Å². The molecule has 0 amide bonds. The Bertz CT molecular complexity index is 395. The van der Waals surface area contributed by atoms with E-state index >= 15 is 0 Å². The van der Waals surface area contributed by atoms with Crippen LogP contribution < -0.4 is 4.90 Å². The third-order valence-electron chi connectivity index (χ3n) is 2.31. The lowest BCUT2D eigenvalue weighted by Gasteiger charge is -2.38. The number of rotatable bonds is 2. The van der Waals surface area contributed by atoms with E-state index in [0.717, 1.165) is 0 Å². The van der Waals surface area contributed by atoms with Gasteiger partial charge in [-0.15, -0.1) is 0 Å². The normalized spacial score (nSPS) is 16.3. The number of halogens is 2. The topological polar surface area (TPSA) is 52.8 Å². The zero-order chi connectivity index (χ0) is 10.8. The molecule has 4 nitrogen and oxygen atoms in total. The molecule has 0 N–H and O–H groups in total. The molecule has 0 unspecified atom stereocenters. The molecule has 1 aliphatic heterocycles. The number of aromatic nitrogens is 2. The van der Waals surface area contributed by atoms with Gasteiger partial charge >= 0.3 is 0 Å². The molecule has 0 atom stereocenters. The van der Waals surface area contributed by atoms with Crippen LogP contribution in [0.25, 0.3) is 0 Å². The van der Waals surface area contributed by atoms with Gasteiger partial charge in [0.2, 0.25) is 12.4 Å². The number of nitriles is 1. The molecule has 0 spiro atoms. The highest BCUT2D eigenvalue weighted by Gasteiger charge is 2.35. The summed E-state index contributed by atoms with van der Waals surface area (Å²) in [4.78, 5) is 9.47. The average molecular weight is 210 g/mol. The zero-order valence-corrected chi connectivity index (χ0v) is 7.77. The van der Waals surface area contributed by atoms with Crippen LogP contribution in [0.15, 0.2) is 12.3 Å². The van der Waals surface area contributed by atoms with Crippen LogP contribution in [0.3, 0.4) is 0 Å². The zero-order valence-electron chi connectivity index (χ0n) is 7.77. The lowest BCUT2D eigenvalue weighted by Crippen LogP contribution is -2.50. The molecule has 2 heterocycles. The van der Waals surface area contributed by atoms with E-state index < -0.39 is 12.3 Å². The Morgan fingerprint density at radius 3 is 2.87 bits per heavy atom. The van der Waals surface area contributed by atoms with Crippen LogP contribution in [0.2, 0.25) is 0 Å². The summed E-state index contributed by atoms with van der Waals surface area (Å²) in [6.45, 7) is 0.513. The highest BCUT2D eigenvalue weighted by Crippen LogP contribution is 2.25. The number of hydrogen-bond donors (Lipinski definition) is 0. The lowest BCUT2D eigenvalue weighted by molar-refractivity contribution is 0.0608. The molecule has 1 saturated heterocycles. The maximum absolute atomic E-state index is 12.2. The first kappa shape index (κ1) is 9.77. The first-order valence-electron chi connectivity index (χ1n) is 4.47. The molecule has 0 radical (unpaired) electrons. The van der Waals surface area contributed by atoms with E-state index in [1.165, 1.54) is 12.3 Å². The second kappa shape index (κ2) is 3.77. The predicted octanol–water partition coefficient (Wildman–Crippen LogP) is 1.05. The van der Waals surface area contributed by atoms with Crippen LogP contribution in [-0.2, 0) is 0 Å². The van der Waals surface area contributed by atoms with Gasteiger partial charge in [-0.25, -0.2) is 18.7 Å². The van der Waals surface area contributed by atoms with Crippen molar-refractivity contribution in [2.45, 2.75) is 6.43 Å². The van der Waals surface area contributed by atoms with Crippen LogP contribution in [0.5, 0.6) is 0 Å². The number of alkyl halides is 2. The van der Waals surface area contributed by atoms with Crippen molar-refractivity contribution in [3.05, 3.63) is 18.0 Å². The standard InChI is InChI=1S/C9H8F2N4/c10-8(11)6-4-15(5-6)9-13-2-1-7(3-12)14-9/h1-2,6,8H,4-5H2. The smallest absolute Gasteiger partial charge is 0.244 e. The summed E-state index contributed by atoms with van der Waals surface area (Å²) in [7, 11) is 0. The minimum absolute atomic E-state index is 0.250. The summed E-state index contributed by atoms with van der Waals surface area (Å²) < 4.78 is 24.4. The average Bonchev–Trinajstić information content (AvgIpc) is 2.15. The van der Waals surface area contributed by atoms with Crippen molar-refractivity contribution < 1.29 is 8.78 Å². The molecule has 15 heavy (non-hydrogen) atoms. The summed E-state index contributed by atoms with van der Waals surface area (Å²) in [6.07, 6.45) is -0.836. The van der Waals surface area contributed by atoms with Crippen molar-refractivity contribution in [3.63, 3.8) is 0 Å². The monoisotopic (exact) mass is 210 g/mol. The van der Waals surface area contributed by atoms with Gasteiger partial charge in [-0.3, -0.25) is 0 Å². The number of anilines is 1. The molecule has 0 saturated carbocycles. The third kappa shape index (κ3) is 1.86. The summed E-state index contributed by atoms with van der Waals surface area (Å²) in [6, 6.07) is 3.36. The molecule has 2 rings (SSSR count). The van der Waals surface area contributed by atoms with Gasteiger partial charge in [-0.05, 0) is 6.07 Å². The molecule has 0 aromatic carbocycles. The fourth-order valence-corrected chi connectivity index (χ4v) is 1.40.